The minimum atomic E-state index is -0.387. The summed E-state index contributed by atoms with van der Waals surface area (Å²) in [6.07, 6.45) is 4.75. The first-order chi connectivity index (χ1) is 12.0. The number of carbonyl (C=O) groups excluding carboxylic acids is 1. The van der Waals surface area contributed by atoms with Gasteiger partial charge in [0.05, 0.1) is 30.7 Å². The van der Waals surface area contributed by atoms with Gasteiger partial charge in [0, 0.05) is 17.4 Å². The quantitative estimate of drug-likeness (QED) is 0.662. The molecule has 0 bridgehead atoms. The molecule has 0 aliphatic rings. The molecular weight excluding hydrogens is 322 g/mol. The Morgan fingerprint density at radius 2 is 2.08 bits per heavy atom. The molecule has 0 aliphatic carbocycles. The molecule has 0 aliphatic heterocycles. The van der Waals surface area contributed by atoms with E-state index in [2.05, 4.69) is 20.7 Å². The molecular formula is C17H19N5O3. The lowest BCUT2D eigenvalue weighted by Gasteiger charge is -2.09. The second-order valence-electron chi connectivity index (χ2n) is 5.62. The smallest absolute Gasteiger partial charge is 0.323 e. The lowest BCUT2D eigenvalue weighted by atomic mass is 10.1. The normalized spacial score (nSPS) is 10.7. The number of amides is 2. The standard InChI is InChI=1S/C17H19N5O3/c1-11-3-4-13(7-15(11)16-19-12(2)10-25-16)20-17(24)21-14-8-18-22(9-14)5-6-23/h3-4,7-10,23H,5-6H2,1-2H3,(H2,20,21,24). The van der Waals surface area contributed by atoms with E-state index < -0.39 is 0 Å². The summed E-state index contributed by atoms with van der Waals surface area (Å²) in [7, 11) is 0. The van der Waals surface area contributed by atoms with Gasteiger partial charge in [-0.3, -0.25) is 4.68 Å². The van der Waals surface area contributed by atoms with Gasteiger partial charge >= 0.3 is 6.03 Å². The summed E-state index contributed by atoms with van der Waals surface area (Å²) in [5.41, 5.74) is 3.78. The van der Waals surface area contributed by atoms with Gasteiger partial charge in [0.2, 0.25) is 5.89 Å². The highest BCUT2D eigenvalue weighted by Crippen LogP contribution is 2.26. The van der Waals surface area contributed by atoms with Crippen LogP contribution >= 0.6 is 0 Å². The number of aliphatic hydroxyl groups is 1. The summed E-state index contributed by atoms with van der Waals surface area (Å²) < 4.78 is 6.99. The lowest BCUT2D eigenvalue weighted by molar-refractivity contribution is 0.262. The Morgan fingerprint density at radius 1 is 1.28 bits per heavy atom. The van der Waals surface area contributed by atoms with Crippen molar-refractivity contribution >= 4 is 17.4 Å². The van der Waals surface area contributed by atoms with Crippen LogP contribution in [0.2, 0.25) is 0 Å². The minimum Gasteiger partial charge on any atom is -0.444 e. The number of nitrogens with zero attached hydrogens (tertiary/aromatic N) is 3. The average molecular weight is 341 g/mol. The maximum atomic E-state index is 12.1. The van der Waals surface area contributed by atoms with Gasteiger partial charge in [0.1, 0.15) is 6.26 Å². The number of aliphatic hydroxyl groups excluding tert-OH is 1. The third-order valence-electron chi connectivity index (χ3n) is 3.57. The Hall–Kier alpha value is -3.13. The first-order valence-corrected chi connectivity index (χ1v) is 7.79. The number of aromatic nitrogens is 3. The van der Waals surface area contributed by atoms with Gasteiger partial charge in [-0.25, -0.2) is 9.78 Å². The van der Waals surface area contributed by atoms with Gasteiger partial charge < -0.3 is 20.2 Å². The van der Waals surface area contributed by atoms with Gasteiger partial charge in [0.25, 0.3) is 0 Å². The summed E-state index contributed by atoms with van der Waals surface area (Å²) in [5.74, 6) is 0.518. The van der Waals surface area contributed by atoms with Gasteiger partial charge in [0.15, 0.2) is 0 Å². The van der Waals surface area contributed by atoms with Crippen LogP contribution in [0.5, 0.6) is 0 Å². The SMILES string of the molecule is Cc1coc(-c2cc(NC(=O)Nc3cnn(CCO)c3)ccc2C)n1. The maximum Gasteiger partial charge on any atom is 0.323 e. The monoisotopic (exact) mass is 341 g/mol. The molecule has 1 aromatic carbocycles. The van der Waals surface area contributed by atoms with Crippen LogP contribution in [0.4, 0.5) is 16.2 Å². The van der Waals surface area contributed by atoms with Crippen LogP contribution in [0.1, 0.15) is 11.3 Å². The number of rotatable bonds is 5. The van der Waals surface area contributed by atoms with Crippen LogP contribution in [0.15, 0.2) is 41.3 Å². The summed E-state index contributed by atoms with van der Waals surface area (Å²) in [6, 6.07) is 5.13. The molecule has 3 aromatic rings. The second kappa shape index (κ2) is 7.18. The Kier molecular flexibility index (Phi) is 4.80. The number of hydrogen-bond acceptors (Lipinski definition) is 5. The third-order valence-corrected chi connectivity index (χ3v) is 3.57. The Bertz CT molecular complexity index is 884. The lowest BCUT2D eigenvalue weighted by Crippen LogP contribution is -2.19. The van der Waals surface area contributed by atoms with E-state index in [1.807, 2.05) is 32.0 Å². The van der Waals surface area contributed by atoms with Crippen molar-refractivity contribution in [2.24, 2.45) is 0 Å². The Morgan fingerprint density at radius 3 is 2.80 bits per heavy atom. The second-order valence-corrected chi connectivity index (χ2v) is 5.62. The zero-order valence-electron chi connectivity index (χ0n) is 14.0. The van der Waals surface area contributed by atoms with Crippen molar-refractivity contribution in [2.75, 3.05) is 17.2 Å². The topological polar surface area (TPSA) is 105 Å². The fourth-order valence-corrected chi connectivity index (χ4v) is 2.35. The third kappa shape index (κ3) is 4.04. The molecule has 0 spiro atoms. The molecule has 3 N–H and O–H groups in total. The molecule has 0 radical (unpaired) electrons. The molecule has 130 valence electrons. The fraction of sp³-hybridized carbons (Fsp3) is 0.235. The number of hydrogen-bond donors (Lipinski definition) is 3. The van der Waals surface area contributed by atoms with Crippen LogP contribution in [-0.2, 0) is 6.54 Å². The molecule has 8 heteroatoms. The molecule has 0 fully saturated rings. The fourth-order valence-electron chi connectivity index (χ4n) is 2.35. The number of benzene rings is 1. The van der Waals surface area contributed by atoms with Crippen molar-refractivity contribution in [3.8, 4) is 11.5 Å². The highest BCUT2D eigenvalue weighted by atomic mass is 16.3. The van der Waals surface area contributed by atoms with E-state index in [9.17, 15) is 4.79 Å². The number of aryl methyl sites for hydroxylation is 2. The summed E-state index contributed by atoms with van der Waals surface area (Å²) >= 11 is 0. The van der Waals surface area contributed by atoms with Crippen LogP contribution in [0.3, 0.4) is 0 Å². The Balaban J connectivity index is 1.70. The number of urea groups is 1. The van der Waals surface area contributed by atoms with Crippen LogP contribution in [0.25, 0.3) is 11.5 Å². The first-order valence-electron chi connectivity index (χ1n) is 7.79. The molecule has 3 rings (SSSR count). The summed E-state index contributed by atoms with van der Waals surface area (Å²) in [4.78, 5) is 16.5. The van der Waals surface area contributed by atoms with Gasteiger partial charge in [-0.1, -0.05) is 6.07 Å². The van der Waals surface area contributed by atoms with Crippen LogP contribution in [-0.4, -0.2) is 32.5 Å². The van der Waals surface area contributed by atoms with Crippen molar-refractivity contribution in [2.45, 2.75) is 20.4 Å². The molecule has 2 heterocycles. The molecule has 0 saturated carbocycles. The van der Waals surface area contributed by atoms with Crippen molar-refractivity contribution in [1.29, 1.82) is 0 Å². The maximum absolute atomic E-state index is 12.1. The van der Waals surface area contributed by atoms with E-state index in [-0.39, 0.29) is 12.6 Å². The van der Waals surface area contributed by atoms with Crippen LogP contribution in [0, 0.1) is 13.8 Å². The van der Waals surface area contributed by atoms with Crippen molar-refractivity contribution in [3.63, 3.8) is 0 Å². The molecule has 0 saturated heterocycles. The van der Waals surface area contributed by atoms with E-state index in [0.717, 1.165) is 16.8 Å². The zero-order valence-corrected chi connectivity index (χ0v) is 14.0. The minimum absolute atomic E-state index is 0.0141. The molecule has 2 amide bonds. The van der Waals surface area contributed by atoms with E-state index in [0.29, 0.717) is 23.8 Å². The average Bonchev–Trinajstić information content (AvgIpc) is 3.19. The highest BCUT2D eigenvalue weighted by Gasteiger charge is 2.11. The predicted molar refractivity (Wildman–Crippen MR) is 93.4 cm³/mol. The van der Waals surface area contributed by atoms with E-state index >= 15 is 0 Å². The van der Waals surface area contributed by atoms with Crippen molar-refractivity contribution in [3.05, 3.63) is 48.1 Å². The molecule has 0 atom stereocenters. The molecule has 2 aromatic heterocycles. The van der Waals surface area contributed by atoms with Gasteiger partial charge in [-0.15, -0.1) is 0 Å². The predicted octanol–water partition coefficient (Wildman–Crippen LogP) is 2.79. The number of nitrogens with one attached hydrogen (secondary N) is 2. The Labute approximate surface area is 144 Å². The molecule has 8 nitrogen and oxygen atoms in total. The summed E-state index contributed by atoms with van der Waals surface area (Å²) in [5, 5.41) is 18.4. The summed E-state index contributed by atoms with van der Waals surface area (Å²) in [6.45, 7) is 4.17. The number of carbonyl (C=O) groups is 1. The van der Waals surface area contributed by atoms with Crippen molar-refractivity contribution in [1.82, 2.24) is 14.8 Å². The molecule has 0 unspecified atom stereocenters. The van der Waals surface area contributed by atoms with E-state index in [4.69, 9.17) is 9.52 Å². The highest BCUT2D eigenvalue weighted by molar-refractivity contribution is 5.99. The van der Waals surface area contributed by atoms with Crippen molar-refractivity contribution < 1.29 is 14.3 Å². The first kappa shape index (κ1) is 16.7. The molecule has 25 heavy (non-hydrogen) atoms. The van der Waals surface area contributed by atoms with E-state index in [1.165, 1.54) is 6.20 Å². The van der Waals surface area contributed by atoms with Gasteiger partial charge in [-0.05, 0) is 31.5 Å². The zero-order chi connectivity index (χ0) is 17.8. The number of oxazole rings is 1. The largest absolute Gasteiger partial charge is 0.444 e. The van der Waals surface area contributed by atoms with Gasteiger partial charge in [-0.2, -0.15) is 5.10 Å². The van der Waals surface area contributed by atoms with E-state index in [1.54, 1.807) is 17.1 Å². The van der Waals surface area contributed by atoms with Crippen LogP contribution < -0.4 is 10.6 Å². The number of anilines is 2.